The van der Waals surface area contributed by atoms with E-state index in [9.17, 15) is 18.0 Å². The van der Waals surface area contributed by atoms with Crippen molar-refractivity contribution in [1.29, 1.82) is 0 Å². The average Bonchev–Trinajstić information content (AvgIpc) is 3.34. The van der Waals surface area contributed by atoms with Crippen molar-refractivity contribution in [3.63, 3.8) is 0 Å². The highest BCUT2D eigenvalue weighted by Gasteiger charge is 2.32. The Bertz CT molecular complexity index is 1660. The van der Waals surface area contributed by atoms with Crippen LogP contribution in [0, 0.1) is 13.8 Å². The Hall–Kier alpha value is -4.71. The third-order valence-electron chi connectivity index (χ3n) is 7.02. The minimum absolute atomic E-state index is 0.0625. The third-order valence-corrected chi connectivity index (χ3v) is 7.02. The molecule has 0 unspecified atom stereocenters. The Balaban J connectivity index is 1.42. The fraction of sp³-hybridized carbons (Fsp3) is 0.267. The molecule has 0 aliphatic carbocycles. The molecule has 0 spiro atoms. The lowest BCUT2D eigenvalue weighted by atomic mass is 9.95. The molecule has 1 aliphatic heterocycles. The second-order valence-electron chi connectivity index (χ2n) is 10.2. The van der Waals surface area contributed by atoms with Crippen LogP contribution in [0.15, 0.2) is 60.9 Å². The average molecular weight is 577 g/mol. The Morgan fingerprint density at radius 3 is 2.55 bits per heavy atom. The van der Waals surface area contributed by atoms with E-state index in [1.807, 2.05) is 39.1 Å². The van der Waals surface area contributed by atoms with Gasteiger partial charge in [-0.2, -0.15) is 23.0 Å². The zero-order valence-electron chi connectivity index (χ0n) is 23.7. The fourth-order valence-electron chi connectivity index (χ4n) is 4.68. The lowest BCUT2D eigenvalue weighted by Crippen LogP contribution is -2.24. The van der Waals surface area contributed by atoms with Crippen LogP contribution in [0.2, 0.25) is 0 Å². The maximum atomic E-state index is 13.8. The van der Waals surface area contributed by atoms with Crippen molar-refractivity contribution in [1.82, 2.24) is 24.6 Å². The van der Waals surface area contributed by atoms with Gasteiger partial charge in [0.1, 0.15) is 18.0 Å². The number of carbonyl (C=O) groups is 1. The van der Waals surface area contributed by atoms with E-state index in [-0.39, 0.29) is 5.56 Å². The predicted molar refractivity (Wildman–Crippen MR) is 157 cm³/mol. The summed E-state index contributed by atoms with van der Waals surface area (Å²) in [6, 6.07) is 12.4. The molecular weight excluding hydrogens is 545 g/mol. The van der Waals surface area contributed by atoms with Crippen LogP contribution in [0.1, 0.15) is 39.2 Å². The van der Waals surface area contributed by atoms with Crippen molar-refractivity contribution < 1.29 is 18.0 Å². The van der Waals surface area contributed by atoms with Gasteiger partial charge in [-0.15, -0.1) is 0 Å². The van der Waals surface area contributed by atoms with Crippen LogP contribution in [0.25, 0.3) is 11.4 Å². The maximum absolute atomic E-state index is 13.8. The minimum atomic E-state index is -4.59. The summed E-state index contributed by atoms with van der Waals surface area (Å²) in [4.78, 5) is 23.8. The molecule has 9 nitrogen and oxygen atoms in total. The topological polar surface area (TPSA) is 100 Å². The number of amides is 1. The zero-order valence-corrected chi connectivity index (χ0v) is 23.7. The Kier molecular flexibility index (Phi) is 7.99. The first-order chi connectivity index (χ1) is 20.0. The van der Waals surface area contributed by atoms with Gasteiger partial charge < -0.3 is 20.9 Å². The molecule has 0 radical (unpaired) electrons. The molecule has 0 fully saturated rings. The van der Waals surface area contributed by atoms with E-state index >= 15 is 0 Å². The van der Waals surface area contributed by atoms with Crippen LogP contribution in [-0.2, 0) is 6.18 Å². The number of aryl methyl sites for hydroxylation is 2. The summed E-state index contributed by atoms with van der Waals surface area (Å²) in [5.41, 5.74) is 3.03. The lowest BCUT2D eigenvalue weighted by Gasteiger charge is -2.23. The second-order valence-corrected chi connectivity index (χ2v) is 10.2. The van der Waals surface area contributed by atoms with Crippen molar-refractivity contribution in [2.24, 2.45) is 0 Å². The molecular formula is C30H31F3N8O. The van der Waals surface area contributed by atoms with E-state index in [0.717, 1.165) is 35.5 Å². The van der Waals surface area contributed by atoms with Crippen molar-refractivity contribution in [2.75, 3.05) is 43.1 Å². The van der Waals surface area contributed by atoms with Gasteiger partial charge in [0.05, 0.1) is 11.3 Å². The quantitative estimate of drug-likeness (QED) is 0.246. The summed E-state index contributed by atoms with van der Waals surface area (Å²) in [6.07, 6.45) is -0.637. The van der Waals surface area contributed by atoms with E-state index in [1.54, 1.807) is 29.9 Å². The summed E-state index contributed by atoms with van der Waals surface area (Å²) < 4.78 is 43.0. The SMILES string of the molecule is CNc1cc(-n2nc(C)cc2Nc2cc(NC(=O)c3cc(C4=CCN(C)CC4)cc(C(F)(F)F)c3)ccc2C)ncn1. The molecule has 12 heteroatoms. The molecule has 4 aromatic rings. The van der Waals surface area contributed by atoms with Gasteiger partial charge in [0.25, 0.3) is 5.91 Å². The van der Waals surface area contributed by atoms with Crippen LogP contribution in [0.5, 0.6) is 0 Å². The van der Waals surface area contributed by atoms with Crippen molar-refractivity contribution in [3.05, 3.63) is 88.9 Å². The van der Waals surface area contributed by atoms with Crippen LogP contribution in [-0.4, -0.2) is 57.7 Å². The Morgan fingerprint density at radius 2 is 1.83 bits per heavy atom. The van der Waals surface area contributed by atoms with E-state index in [4.69, 9.17) is 0 Å². The number of aromatic nitrogens is 4. The Labute approximate surface area is 241 Å². The highest BCUT2D eigenvalue weighted by molar-refractivity contribution is 6.05. The van der Waals surface area contributed by atoms with Gasteiger partial charge >= 0.3 is 6.18 Å². The van der Waals surface area contributed by atoms with Crippen LogP contribution >= 0.6 is 0 Å². The number of nitrogens with zero attached hydrogens (tertiary/aromatic N) is 5. The van der Waals surface area contributed by atoms with E-state index in [0.29, 0.717) is 47.4 Å². The molecule has 5 rings (SSSR count). The molecule has 0 saturated heterocycles. The summed E-state index contributed by atoms with van der Waals surface area (Å²) >= 11 is 0. The van der Waals surface area contributed by atoms with Gasteiger partial charge in [0.2, 0.25) is 0 Å². The standard InChI is InChI=1S/C30H31F3N8O/c1-18-5-6-24(15-25(18)38-28-11-19(2)39-41(28)27-16-26(34-3)35-17-36-27)37-29(42)22-12-21(13-23(14-22)30(31,32)33)20-7-9-40(4)10-8-20/h5-7,11-17,38H,8-10H2,1-4H3,(H,37,42)(H,34,35,36). The van der Waals surface area contributed by atoms with Gasteiger partial charge in [-0.1, -0.05) is 12.1 Å². The number of benzene rings is 2. The van der Waals surface area contributed by atoms with Gasteiger partial charge in [-0.3, -0.25) is 4.79 Å². The first-order valence-electron chi connectivity index (χ1n) is 13.4. The monoisotopic (exact) mass is 576 g/mol. The number of anilines is 4. The lowest BCUT2D eigenvalue weighted by molar-refractivity contribution is -0.137. The molecule has 2 aromatic carbocycles. The fourth-order valence-corrected chi connectivity index (χ4v) is 4.68. The zero-order chi connectivity index (χ0) is 30.0. The molecule has 3 N–H and O–H groups in total. The molecule has 2 aromatic heterocycles. The van der Waals surface area contributed by atoms with Crippen molar-refractivity contribution >= 4 is 34.5 Å². The number of likely N-dealkylation sites (N-methyl/N-ethyl adjacent to an activating group) is 1. The van der Waals surface area contributed by atoms with E-state index in [2.05, 4.69) is 35.9 Å². The maximum Gasteiger partial charge on any atom is 0.416 e. The molecule has 3 heterocycles. The van der Waals surface area contributed by atoms with Gasteiger partial charge in [-0.05, 0) is 74.3 Å². The van der Waals surface area contributed by atoms with Gasteiger partial charge in [0.15, 0.2) is 5.82 Å². The van der Waals surface area contributed by atoms with Crippen LogP contribution in [0.4, 0.5) is 36.2 Å². The molecule has 0 bridgehead atoms. The van der Waals surface area contributed by atoms with E-state index in [1.165, 1.54) is 12.4 Å². The second kappa shape index (κ2) is 11.6. The molecule has 0 saturated carbocycles. The number of alkyl halides is 3. The summed E-state index contributed by atoms with van der Waals surface area (Å²) in [5, 5.41) is 13.6. The van der Waals surface area contributed by atoms with Crippen LogP contribution in [0.3, 0.4) is 0 Å². The Morgan fingerprint density at radius 1 is 1.02 bits per heavy atom. The normalized spacial score (nSPS) is 13.9. The number of carbonyl (C=O) groups excluding carboxylic acids is 1. The third kappa shape index (κ3) is 6.44. The number of hydrogen-bond acceptors (Lipinski definition) is 7. The molecule has 0 atom stereocenters. The summed E-state index contributed by atoms with van der Waals surface area (Å²) in [7, 11) is 3.71. The summed E-state index contributed by atoms with van der Waals surface area (Å²) in [6.45, 7) is 5.13. The highest BCUT2D eigenvalue weighted by Crippen LogP contribution is 2.34. The summed E-state index contributed by atoms with van der Waals surface area (Å²) in [5.74, 6) is 1.18. The van der Waals surface area contributed by atoms with Crippen molar-refractivity contribution in [3.8, 4) is 5.82 Å². The number of halogens is 3. The molecule has 218 valence electrons. The van der Waals surface area contributed by atoms with Crippen LogP contribution < -0.4 is 16.0 Å². The molecule has 42 heavy (non-hydrogen) atoms. The largest absolute Gasteiger partial charge is 0.416 e. The number of nitrogens with one attached hydrogen (secondary N) is 3. The number of hydrogen-bond donors (Lipinski definition) is 3. The van der Waals surface area contributed by atoms with Gasteiger partial charge in [-0.25, -0.2) is 9.97 Å². The highest BCUT2D eigenvalue weighted by atomic mass is 19.4. The first kappa shape index (κ1) is 28.8. The predicted octanol–water partition coefficient (Wildman–Crippen LogP) is 6.05. The molecule has 1 amide bonds. The van der Waals surface area contributed by atoms with Gasteiger partial charge in [0, 0.05) is 49.2 Å². The molecule has 1 aliphatic rings. The van der Waals surface area contributed by atoms with Crippen molar-refractivity contribution in [2.45, 2.75) is 26.4 Å². The first-order valence-corrected chi connectivity index (χ1v) is 13.4. The van der Waals surface area contributed by atoms with E-state index < -0.39 is 17.6 Å². The smallest absolute Gasteiger partial charge is 0.373 e. The number of rotatable bonds is 7. The minimum Gasteiger partial charge on any atom is -0.373 e.